The average Bonchev–Trinajstić information content (AvgIpc) is 2.58. The van der Waals surface area contributed by atoms with Gasteiger partial charge in [-0.3, -0.25) is 4.57 Å². The van der Waals surface area contributed by atoms with E-state index in [1.165, 1.54) is 0 Å². The summed E-state index contributed by atoms with van der Waals surface area (Å²) in [5, 5.41) is 0.889. The van der Waals surface area contributed by atoms with Crippen LogP contribution in [-0.4, -0.2) is 18.3 Å². The van der Waals surface area contributed by atoms with E-state index in [-0.39, 0.29) is 0 Å². The fraction of sp³-hybridized carbons (Fsp3) is 0.364. The molecule has 0 bridgehead atoms. The maximum absolute atomic E-state index is 12.0. The zero-order valence-electron chi connectivity index (χ0n) is 9.34. The third-order valence-electron chi connectivity index (χ3n) is 2.16. The Balaban J connectivity index is 2.25. The van der Waals surface area contributed by atoms with E-state index in [9.17, 15) is 4.57 Å². The Morgan fingerprint density at radius 1 is 1.44 bits per heavy atom. The van der Waals surface area contributed by atoms with E-state index in [0.717, 1.165) is 15.2 Å². The van der Waals surface area contributed by atoms with Gasteiger partial charge in [0, 0.05) is 6.66 Å². The van der Waals surface area contributed by atoms with Crippen molar-refractivity contribution in [3.05, 3.63) is 29.3 Å². The highest BCUT2D eigenvalue weighted by molar-refractivity contribution is 7.57. The molecular formula is C11H14NO2PS. The molecule has 0 saturated carbocycles. The molecule has 0 aliphatic carbocycles. The second kappa shape index (κ2) is 4.66. The van der Waals surface area contributed by atoms with Crippen LogP contribution >= 0.6 is 18.7 Å². The first kappa shape index (κ1) is 11.8. The Kier molecular flexibility index (Phi) is 3.43. The Hall–Kier alpha value is -0.700. The molecule has 1 unspecified atom stereocenters. The number of para-hydroxylation sites is 1. The van der Waals surface area contributed by atoms with E-state index in [1.54, 1.807) is 18.0 Å². The summed E-state index contributed by atoms with van der Waals surface area (Å²) < 4.78 is 18.4. The average molecular weight is 255 g/mol. The molecule has 1 aromatic carbocycles. The molecule has 0 N–H and O–H groups in total. The van der Waals surface area contributed by atoms with Crippen molar-refractivity contribution in [3.63, 3.8) is 0 Å². The second-order valence-electron chi connectivity index (χ2n) is 3.67. The van der Waals surface area contributed by atoms with Crippen LogP contribution in [0.15, 0.2) is 24.3 Å². The molecule has 0 aliphatic heterocycles. The number of thiazole rings is 1. The molecule has 0 fully saturated rings. The summed E-state index contributed by atoms with van der Waals surface area (Å²) >= 11 is 1.59. The van der Waals surface area contributed by atoms with Crippen LogP contribution in [0.5, 0.6) is 0 Å². The minimum absolute atomic E-state index is 0.431. The van der Waals surface area contributed by atoms with Gasteiger partial charge in [0.15, 0.2) is 0 Å². The van der Waals surface area contributed by atoms with E-state index >= 15 is 0 Å². The van der Waals surface area contributed by atoms with Crippen molar-refractivity contribution in [2.24, 2.45) is 0 Å². The molecule has 0 radical (unpaired) electrons. The van der Waals surface area contributed by atoms with Crippen molar-refractivity contribution in [1.82, 2.24) is 4.98 Å². The highest BCUT2D eigenvalue weighted by atomic mass is 32.1. The fourth-order valence-corrected chi connectivity index (χ4v) is 4.48. The molecule has 1 aromatic heterocycles. The van der Waals surface area contributed by atoms with Gasteiger partial charge >= 0.3 is 0 Å². The number of fused-ring (bicyclic) bond motifs is 1. The first-order valence-electron chi connectivity index (χ1n) is 5.16. The lowest BCUT2D eigenvalue weighted by atomic mass is 10.3. The van der Waals surface area contributed by atoms with Gasteiger partial charge in [0.2, 0.25) is 7.37 Å². The van der Waals surface area contributed by atoms with Gasteiger partial charge in [-0.05, 0) is 19.1 Å². The van der Waals surface area contributed by atoms with Crippen LogP contribution in [-0.2, 0) is 15.3 Å². The highest BCUT2D eigenvalue weighted by Gasteiger charge is 2.18. The number of aromatic nitrogens is 1. The van der Waals surface area contributed by atoms with Crippen molar-refractivity contribution in [2.75, 3.05) is 13.3 Å². The monoisotopic (exact) mass is 255 g/mol. The predicted molar refractivity (Wildman–Crippen MR) is 68.5 cm³/mol. The first-order valence-corrected chi connectivity index (χ1v) is 8.23. The maximum Gasteiger partial charge on any atom is 0.206 e. The molecule has 0 amide bonds. The van der Waals surface area contributed by atoms with E-state index in [0.29, 0.717) is 12.8 Å². The van der Waals surface area contributed by atoms with Gasteiger partial charge in [-0.2, -0.15) is 0 Å². The van der Waals surface area contributed by atoms with E-state index in [2.05, 4.69) is 4.98 Å². The summed E-state index contributed by atoms with van der Waals surface area (Å²) in [4.78, 5) is 4.45. The summed E-state index contributed by atoms with van der Waals surface area (Å²) in [6, 6.07) is 7.94. The summed E-state index contributed by atoms with van der Waals surface area (Å²) in [6.45, 7) is 4.01. The molecule has 16 heavy (non-hydrogen) atoms. The molecule has 86 valence electrons. The first-order chi connectivity index (χ1) is 7.61. The van der Waals surface area contributed by atoms with Gasteiger partial charge in [-0.1, -0.05) is 12.1 Å². The van der Waals surface area contributed by atoms with Crippen LogP contribution in [0.3, 0.4) is 0 Å². The zero-order chi connectivity index (χ0) is 11.6. The summed E-state index contributed by atoms with van der Waals surface area (Å²) in [5.74, 6) is 0. The predicted octanol–water partition coefficient (Wildman–Crippen LogP) is 3.74. The fourth-order valence-electron chi connectivity index (χ4n) is 1.55. The van der Waals surface area contributed by atoms with Crippen molar-refractivity contribution >= 4 is 28.9 Å². The minimum atomic E-state index is -2.52. The van der Waals surface area contributed by atoms with Crippen LogP contribution in [0.25, 0.3) is 10.2 Å². The van der Waals surface area contributed by atoms with Gasteiger partial charge in [0.05, 0.1) is 23.0 Å². The van der Waals surface area contributed by atoms with Crippen LogP contribution in [0, 0.1) is 0 Å². The van der Waals surface area contributed by atoms with Gasteiger partial charge in [0.1, 0.15) is 5.01 Å². The van der Waals surface area contributed by atoms with Gasteiger partial charge < -0.3 is 4.52 Å². The van der Waals surface area contributed by atoms with Crippen LogP contribution in [0.4, 0.5) is 0 Å². The largest absolute Gasteiger partial charge is 0.329 e. The summed E-state index contributed by atoms with van der Waals surface area (Å²) in [7, 11) is -2.52. The van der Waals surface area contributed by atoms with Crippen molar-refractivity contribution < 1.29 is 9.09 Å². The standard InChI is InChI=1S/C11H14NO2PS/c1-3-14-15(2,13)8-11-12-9-6-4-5-7-10(9)16-11/h4-7H,3,8H2,1-2H3. The van der Waals surface area contributed by atoms with Crippen LogP contribution in [0.2, 0.25) is 0 Å². The zero-order valence-corrected chi connectivity index (χ0v) is 11.1. The number of rotatable bonds is 4. The Morgan fingerprint density at radius 2 is 2.19 bits per heavy atom. The van der Waals surface area contributed by atoms with Crippen molar-refractivity contribution in [2.45, 2.75) is 13.1 Å². The van der Waals surface area contributed by atoms with Gasteiger partial charge in [0.25, 0.3) is 0 Å². The molecule has 0 saturated heterocycles. The molecule has 2 rings (SSSR count). The van der Waals surface area contributed by atoms with E-state index in [1.807, 2.05) is 31.2 Å². The molecule has 1 heterocycles. The summed E-state index contributed by atoms with van der Waals surface area (Å²) in [6.07, 6.45) is 0.431. The molecule has 3 nitrogen and oxygen atoms in total. The quantitative estimate of drug-likeness (QED) is 0.781. The lowest BCUT2D eigenvalue weighted by Crippen LogP contribution is -1.91. The third-order valence-corrected chi connectivity index (χ3v) is 5.09. The number of hydrogen-bond acceptors (Lipinski definition) is 4. The number of benzene rings is 1. The Morgan fingerprint density at radius 3 is 2.88 bits per heavy atom. The van der Waals surface area contributed by atoms with Crippen molar-refractivity contribution in [1.29, 1.82) is 0 Å². The number of hydrogen-bond donors (Lipinski definition) is 0. The lowest BCUT2D eigenvalue weighted by molar-refractivity contribution is 0.336. The molecule has 1 atom stereocenters. The van der Waals surface area contributed by atoms with E-state index in [4.69, 9.17) is 4.52 Å². The molecule has 0 aliphatic rings. The van der Waals surface area contributed by atoms with Gasteiger partial charge in [-0.15, -0.1) is 11.3 Å². The van der Waals surface area contributed by atoms with E-state index < -0.39 is 7.37 Å². The lowest BCUT2D eigenvalue weighted by Gasteiger charge is -2.09. The topological polar surface area (TPSA) is 39.2 Å². The molecule has 0 spiro atoms. The number of nitrogens with zero attached hydrogens (tertiary/aromatic N) is 1. The molecular weight excluding hydrogens is 241 g/mol. The minimum Gasteiger partial charge on any atom is -0.329 e. The Labute approximate surface area is 98.9 Å². The van der Waals surface area contributed by atoms with Crippen LogP contribution < -0.4 is 0 Å². The second-order valence-corrected chi connectivity index (χ2v) is 7.38. The highest BCUT2D eigenvalue weighted by Crippen LogP contribution is 2.47. The molecule has 2 aromatic rings. The normalized spacial score (nSPS) is 15.1. The smallest absolute Gasteiger partial charge is 0.206 e. The van der Waals surface area contributed by atoms with Crippen LogP contribution in [0.1, 0.15) is 11.9 Å². The van der Waals surface area contributed by atoms with Gasteiger partial charge in [-0.25, -0.2) is 4.98 Å². The third kappa shape index (κ3) is 2.70. The maximum atomic E-state index is 12.0. The summed E-state index contributed by atoms with van der Waals surface area (Å²) in [5.41, 5.74) is 0.971. The molecule has 5 heteroatoms. The van der Waals surface area contributed by atoms with Crippen molar-refractivity contribution in [3.8, 4) is 0 Å². The SMILES string of the molecule is CCOP(C)(=O)Cc1nc2ccccc2s1. The Bertz CT molecular complexity index is 505.